The van der Waals surface area contributed by atoms with E-state index in [2.05, 4.69) is 6.58 Å². The number of allylic oxidation sites excluding steroid dienone is 4. The molecule has 0 heterocycles. The second-order valence-electron chi connectivity index (χ2n) is 9.00. The summed E-state index contributed by atoms with van der Waals surface area (Å²) in [5, 5.41) is 0. The molecule has 3 aliphatic carbocycles. The van der Waals surface area contributed by atoms with Gasteiger partial charge in [0.1, 0.15) is 11.6 Å². The van der Waals surface area contributed by atoms with E-state index in [-0.39, 0.29) is 17.5 Å². The minimum absolute atomic E-state index is 0.0348. The van der Waals surface area contributed by atoms with E-state index in [1.165, 1.54) is 0 Å². The molecule has 0 radical (unpaired) electrons. The molecule has 0 aliphatic heterocycles. The second-order valence-corrected chi connectivity index (χ2v) is 9.00. The van der Waals surface area contributed by atoms with Crippen molar-refractivity contribution < 1.29 is 17.9 Å². The Bertz CT molecular complexity index is 861. The predicted molar refractivity (Wildman–Crippen MR) is 114 cm³/mol. The van der Waals surface area contributed by atoms with Crippen LogP contribution in [-0.2, 0) is 11.2 Å². The van der Waals surface area contributed by atoms with Gasteiger partial charge in [-0.3, -0.25) is 0 Å². The Morgan fingerprint density at radius 1 is 1.13 bits per heavy atom. The van der Waals surface area contributed by atoms with Gasteiger partial charge in [-0.2, -0.15) is 4.39 Å². The Labute approximate surface area is 177 Å². The first-order chi connectivity index (χ1) is 14.5. The molecular formula is C26H31F3O. The predicted octanol–water partition coefficient (Wildman–Crippen LogP) is 7.80. The van der Waals surface area contributed by atoms with Gasteiger partial charge in [0.15, 0.2) is 11.6 Å². The van der Waals surface area contributed by atoms with Crippen molar-refractivity contribution in [1.29, 1.82) is 0 Å². The minimum Gasteiger partial charge on any atom is -0.491 e. The fraction of sp³-hybridized carbons (Fsp3) is 0.538. The summed E-state index contributed by atoms with van der Waals surface area (Å²) in [5.41, 5.74) is 1.72. The molecule has 2 atom stereocenters. The number of halogens is 3. The molecule has 0 saturated heterocycles. The summed E-state index contributed by atoms with van der Waals surface area (Å²) in [4.78, 5) is 0. The average molecular weight is 417 g/mol. The van der Waals surface area contributed by atoms with Crippen molar-refractivity contribution in [3.05, 3.63) is 70.8 Å². The molecule has 4 rings (SSSR count). The van der Waals surface area contributed by atoms with Gasteiger partial charge in [-0.25, -0.2) is 8.78 Å². The topological polar surface area (TPSA) is 9.23 Å². The highest BCUT2D eigenvalue weighted by Gasteiger charge is 2.47. The summed E-state index contributed by atoms with van der Waals surface area (Å²) in [6.45, 7) is 6.25. The number of benzene rings is 1. The normalized spacial score (nSPS) is 27.7. The number of fused-ring (bicyclic) bond motifs is 4. The summed E-state index contributed by atoms with van der Waals surface area (Å²) < 4.78 is 49.9. The number of aryl methyl sites for hydroxylation is 1. The molecule has 1 saturated carbocycles. The van der Waals surface area contributed by atoms with E-state index in [1.807, 2.05) is 25.1 Å². The monoisotopic (exact) mass is 416 g/mol. The van der Waals surface area contributed by atoms with Crippen LogP contribution in [0.15, 0.2) is 48.3 Å². The third-order valence-electron chi connectivity index (χ3n) is 7.15. The fourth-order valence-corrected chi connectivity index (χ4v) is 5.19. The molecule has 3 aliphatic rings. The summed E-state index contributed by atoms with van der Waals surface area (Å²) in [7, 11) is 0. The summed E-state index contributed by atoms with van der Waals surface area (Å²) >= 11 is 0. The first kappa shape index (κ1) is 21.3. The van der Waals surface area contributed by atoms with Crippen molar-refractivity contribution in [1.82, 2.24) is 0 Å². The molecule has 1 fully saturated rings. The Kier molecular flexibility index (Phi) is 6.40. The average Bonchev–Trinajstić information content (AvgIpc) is 2.75. The van der Waals surface area contributed by atoms with Crippen molar-refractivity contribution in [2.45, 2.75) is 70.1 Å². The largest absolute Gasteiger partial charge is 0.491 e. The van der Waals surface area contributed by atoms with E-state index in [9.17, 15) is 8.78 Å². The number of hydrogen-bond acceptors (Lipinski definition) is 1. The van der Waals surface area contributed by atoms with Crippen molar-refractivity contribution in [3.8, 4) is 0 Å². The van der Waals surface area contributed by atoms with Gasteiger partial charge in [-0.05, 0) is 74.0 Å². The van der Waals surface area contributed by atoms with Gasteiger partial charge < -0.3 is 4.74 Å². The van der Waals surface area contributed by atoms with E-state index in [4.69, 9.17) is 4.74 Å². The molecule has 1 aromatic carbocycles. The molecule has 1 nitrogen and oxygen atoms in total. The molecule has 1 aromatic rings. The van der Waals surface area contributed by atoms with Crippen LogP contribution >= 0.6 is 0 Å². The van der Waals surface area contributed by atoms with Crippen LogP contribution in [0.3, 0.4) is 0 Å². The van der Waals surface area contributed by atoms with Crippen molar-refractivity contribution in [3.63, 3.8) is 0 Å². The highest BCUT2D eigenvalue weighted by molar-refractivity contribution is 5.58. The van der Waals surface area contributed by atoms with E-state index in [0.29, 0.717) is 36.0 Å². The van der Waals surface area contributed by atoms with Gasteiger partial charge in [0, 0.05) is 11.5 Å². The zero-order valence-corrected chi connectivity index (χ0v) is 17.7. The van der Waals surface area contributed by atoms with E-state index in [0.717, 1.165) is 50.5 Å². The summed E-state index contributed by atoms with van der Waals surface area (Å²) in [5.74, 6) is -2.20. The SMILES string of the molecule is C=CC1CCC(CCc2ccc3c(c2F)C2C(F)=C(F)C(OCCCC)=CC32)CC1. The maximum absolute atomic E-state index is 15.2. The minimum atomic E-state index is -0.971. The van der Waals surface area contributed by atoms with Crippen molar-refractivity contribution >= 4 is 0 Å². The van der Waals surface area contributed by atoms with Crippen LogP contribution in [-0.4, -0.2) is 6.61 Å². The van der Waals surface area contributed by atoms with Crippen LogP contribution in [0.1, 0.15) is 80.4 Å². The maximum atomic E-state index is 15.2. The molecule has 0 aromatic heterocycles. The number of unbranched alkanes of at least 4 members (excludes halogenated alkanes) is 1. The van der Waals surface area contributed by atoms with Gasteiger partial charge in [0.2, 0.25) is 0 Å². The standard InChI is InChI=1S/C26H31F3O/c1-3-5-14-30-21-15-20-19-13-12-18(11-10-17-8-6-16(4-2)7-9-17)24(27)22(19)23(20)26(29)25(21)28/h4,12-13,15-17,20,23H,2-3,5-11,14H2,1H3. The van der Waals surface area contributed by atoms with E-state index >= 15 is 4.39 Å². The van der Waals surface area contributed by atoms with Gasteiger partial charge in [-0.15, -0.1) is 6.58 Å². The lowest BCUT2D eigenvalue weighted by Gasteiger charge is -2.40. The fourth-order valence-electron chi connectivity index (χ4n) is 5.19. The molecule has 4 heteroatoms. The van der Waals surface area contributed by atoms with Crippen LogP contribution < -0.4 is 0 Å². The van der Waals surface area contributed by atoms with Crippen molar-refractivity contribution in [2.24, 2.45) is 11.8 Å². The van der Waals surface area contributed by atoms with Gasteiger partial charge in [0.05, 0.1) is 12.5 Å². The summed E-state index contributed by atoms with van der Waals surface area (Å²) in [6, 6.07) is 3.72. The molecule has 30 heavy (non-hydrogen) atoms. The van der Waals surface area contributed by atoms with E-state index in [1.54, 1.807) is 6.08 Å². The Hall–Kier alpha value is -1.97. The first-order valence-corrected chi connectivity index (χ1v) is 11.4. The number of hydrogen-bond donors (Lipinski definition) is 0. The lowest BCUT2D eigenvalue weighted by Crippen LogP contribution is -2.29. The zero-order chi connectivity index (χ0) is 21.3. The third kappa shape index (κ3) is 3.86. The highest BCUT2D eigenvalue weighted by atomic mass is 19.2. The summed E-state index contributed by atoms with van der Waals surface area (Å²) in [6.07, 6.45) is 11.6. The Balaban J connectivity index is 1.46. The van der Waals surface area contributed by atoms with Crippen LogP contribution in [0.25, 0.3) is 0 Å². The van der Waals surface area contributed by atoms with Crippen LogP contribution in [0.4, 0.5) is 13.2 Å². The van der Waals surface area contributed by atoms with Crippen LogP contribution in [0.2, 0.25) is 0 Å². The Morgan fingerprint density at radius 3 is 2.60 bits per heavy atom. The maximum Gasteiger partial charge on any atom is 0.196 e. The van der Waals surface area contributed by atoms with Gasteiger partial charge in [0.25, 0.3) is 0 Å². The lowest BCUT2D eigenvalue weighted by atomic mass is 9.64. The molecule has 0 bridgehead atoms. The van der Waals surface area contributed by atoms with Gasteiger partial charge >= 0.3 is 0 Å². The molecular weight excluding hydrogens is 385 g/mol. The third-order valence-corrected chi connectivity index (χ3v) is 7.15. The second kappa shape index (κ2) is 9.03. The smallest absolute Gasteiger partial charge is 0.196 e. The number of rotatable bonds is 8. The zero-order valence-electron chi connectivity index (χ0n) is 17.7. The van der Waals surface area contributed by atoms with Gasteiger partial charge in [-0.1, -0.05) is 31.6 Å². The van der Waals surface area contributed by atoms with E-state index < -0.39 is 17.6 Å². The Morgan fingerprint density at radius 2 is 1.90 bits per heavy atom. The quantitative estimate of drug-likeness (QED) is 0.310. The molecule has 162 valence electrons. The molecule has 0 N–H and O–H groups in total. The first-order valence-electron chi connectivity index (χ1n) is 11.4. The van der Waals surface area contributed by atoms with Crippen LogP contribution in [0, 0.1) is 17.7 Å². The van der Waals surface area contributed by atoms with Crippen molar-refractivity contribution in [2.75, 3.05) is 6.61 Å². The highest BCUT2D eigenvalue weighted by Crippen LogP contribution is 2.57. The molecule has 0 amide bonds. The molecule has 2 unspecified atom stereocenters. The molecule has 0 spiro atoms. The number of ether oxygens (including phenoxy) is 1. The lowest BCUT2D eigenvalue weighted by molar-refractivity contribution is 0.192. The van der Waals surface area contributed by atoms with Crippen LogP contribution in [0.5, 0.6) is 0 Å².